The smallest absolute Gasteiger partial charge is 0.138 e. The van der Waals surface area contributed by atoms with Gasteiger partial charge in [0.25, 0.3) is 0 Å². The van der Waals surface area contributed by atoms with Crippen molar-refractivity contribution in [3.8, 4) is 11.5 Å². The molecule has 1 heterocycles. The van der Waals surface area contributed by atoms with Crippen LogP contribution < -0.4 is 9.47 Å². The minimum absolute atomic E-state index is 0.111. The number of hydrogen-bond donors (Lipinski definition) is 1. The van der Waals surface area contributed by atoms with Gasteiger partial charge < -0.3 is 19.0 Å². The number of hydrogen-bond acceptors (Lipinski definition) is 5. The van der Waals surface area contributed by atoms with E-state index >= 15 is 0 Å². The summed E-state index contributed by atoms with van der Waals surface area (Å²) in [4.78, 5) is 2.11. The maximum absolute atomic E-state index is 10.6. The minimum Gasteiger partial charge on any atom is -0.494 e. The first-order valence-corrected chi connectivity index (χ1v) is 11.0. The molecule has 0 radical (unpaired) electrons. The second kappa shape index (κ2) is 12.0. The van der Waals surface area contributed by atoms with Gasteiger partial charge in [-0.15, -0.1) is 0 Å². The van der Waals surface area contributed by atoms with Crippen LogP contribution in [0.25, 0.3) is 0 Å². The molecule has 0 fully saturated rings. The fourth-order valence-electron chi connectivity index (χ4n) is 3.11. The highest BCUT2D eigenvalue weighted by Gasteiger charge is 2.16. The van der Waals surface area contributed by atoms with Crippen LogP contribution in [0.1, 0.15) is 24.7 Å². The van der Waals surface area contributed by atoms with Gasteiger partial charge in [0.05, 0.1) is 24.4 Å². The zero-order chi connectivity index (χ0) is 22.1. The standard InChI is InChI=1S/C24H27Cl2NO4/c1-2-11-29-21-8-5-18(6-9-21)14-27(16-22-4-3-12-30-22)15-20(28)17-31-24-10-7-19(25)13-23(24)26/h3-10,12-13,20,28H,2,11,14-17H2,1H3. The minimum atomic E-state index is -0.714. The van der Waals surface area contributed by atoms with E-state index in [1.807, 2.05) is 36.4 Å². The molecule has 5 nitrogen and oxygen atoms in total. The molecule has 0 bridgehead atoms. The van der Waals surface area contributed by atoms with Gasteiger partial charge in [0.2, 0.25) is 0 Å². The van der Waals surface area contributed by atoms with Crippen LogP contribution in [0.15, 0.2) is 65.3 Å². The summed E-state index contributed by atoms with van der Waals surface area (Å²) in [6, 6.07) is 16.8. The van der Waals surface area contributed by atoms with Crippen LogP contribution in [-0.4, -0.2) is 35.9 Å². The third kappa shape index (κ3) is 7.78. The first kappa shape index (κ1) is 23.5. The Labute approximate surface area is 193 Å². The van der Waals surface area contributed by atoms with E-state index in [0.29, 0.717) is 42.0 Å². The van der Waals surface area contributed by atoms with Crippen LogP contribution in [-0.2, 0) is 13.1 Å². The molecule has 1 N–H and O–H groups in total. The Bertz CT molecular complexity index is 916. The van der Waals surface area contributed by atoms with Crippen LogP contribution in [0.4, 0.5) is 0 Å². The molecular formula is C24H27Cl2NO4. The van der Waals surface area contributed by atoms with E-state index in [0.717, 1.165) is 23.5 Å². The third-order valence-electron chi connectivity index (χ3n) is 4.56. The highest BCUT2D eigenvalue weighted by Crippen LogP contribution is 2.27. The van der Waals surface area contributed by atoms with Crippen LogP contribution >= 0.6 is 23.2 Å². The van der Waals surface area contributed by atoms with Crippen molar-refractivity contribution in [2.75, 3.05) is 19.8 Å². The zero-order valence-electron chi connectivity index (χ0n) is 17.5. The third-order valence-corrected chi connectivity index (χ3v) is 5.09. The Morgan fingerprint density at radius 3 is 2.52 bits per heavy atom. The van der Waals surface area contributed by atoms with Crippen molar-refractivity contribution in [1.29, 1.82) is 0 Å². The molecule has 31 heavy (non-hydrogen) atoms. The number of halogens is 2. The van der Waals surface area contributed by atoms with Crippen molar-refractivity contribution < 1.29 is 19.0 Å². The lowest BCUT2D eigenvalue weighted by molar-refractivity contribution is 0.0605. The topological polar surface area (TPSA) is 55.1 Å². The molecule has 0 spiro atoms. The first-order valence-electron chi connectivity index (χ1n) is 10.3. The average molecular weight is 464 g/mol. The second-order valence-electron chi connectivity index (χ2n) is 7.28. The summed E-state index contributed by atoms with van der Waals surface area (Å²) < 4.78 is 16.8. The highest BCUT2D eigenvalue weighted by molar-refractivity contribution is 6.35. The Hall–Kier alpha value is -2.18. The number of furan rings is 1. The quantitative estimate of drug-likeness (QED) is 0.366. The lowest BCUT2D eigenvalue weighted by atomic mass is 10.2. The Kier molecular flexibility index (Phi) is 9.10. The fourth-order valence-corrected chi connectivity index (χ4v) is 3.57. The SMILES string of the molecule is CCCOc1ccc(CN(Cc2ccco2)CC(O)COc2ccc(Cl)cc2Cl)cc1. The number of aliphatic hydroxyl groups excluding tert-OH is 1. The molecule has 2 aromatic carbocycles. The highest BCUT2D eigenvalue weighted by atomic mass is 35.5. The van der Waals surface area contributed by atoms with E-state index in [1.54, 1.807) is 24.5 Å². The van der Waals surface area contributed by atoms with E-state index in [9.17, 15) is 5.11 Å². The summed E-state index contributed by atoms with van der Waals surface area (Å²) >= 11 is 12.1. The largest absolute Gasteiger partial charge is 0.494 e. The van der Waals surface area contributed by atoms with Crippen LogP contribution in [0.5, 0.6) is 11.5 Å². The molecule has 166 valence electrons. The van der Waals surface area contributed by atoms with Gasteiger partial charge >= 0.3 is 0 Å². The summed E-state index contributed by atoms with van der Waals surface area (Å²) in [5.74, 6) is 2.18. The van der Waals surface area contributed by atoms with Gasteiger partial charge in [-0.1, -0.05) is 42.3 Å². The molecule has 0 saturated heterocycles. The van der Waals surface area contributed by atoms with Gasteiger partial charge in [-0.05, 0) is 54.4 Å². The molecule has 0 saturated carbocycles. The summed E-state index contributed by atoms with van der Waals surface area (Å²) in [5.41, 5.74) is 1.12. The van der Waals surface area contributed by atoms with E-state index < -0.39 is 6.10 Å². The zero-order valence-corrected chi connectivity index (χ0v) is 19.0. The summed E-state index contributed by atoms with van der Waals surface area (Å²) in [5, 5.41) is 11.5. The van der Waals surface area contributed by atoms with Gasteiger partial charge in [-0.2, -0.15) is 0 Å². The van der Waals surface area contributed by atoms with Crippen molar-refractivity contribution in [3.63, 3.8) is 0 Å². The van der Waals surface area contributed by atoms with E-state index in [4.69, 9.17) is 37.1 Å². The normalized spacial score (nSPS) is 12.2. The van der Waals surface area contributed by atoms with Crippen molar-refractivity contribution in [2.24, 2.45) is 0 Å². The maximum atomic E-state index is 10.6. The molecule has 7 heteroatoms. The molecule has 0 aliphatic heterocycles. The molecule has 3 rings (SSSR count). The molecule has 0 aliphatic rings. The van der Waals surface area contributed by atoms with Gasteiger partial charge in [0.15, 0.2) is 0 Å². The van der Waals surface area contributed by atoms with Crippen LogP contribution in [0.2, 0.25) is 10.0 Å². The lowest BCUT2D eigenvalue weighted by Crippen LogP contribution is -2.35. The molecule has 0 amide bonds. The van der Waals surface area contributed by atoms with Gasteiger partial charge in [-0.25, -0.2) is 0 Å². The van der Waals surface area contributed by atoms with Gasteiger partial charge in [-0.3, -0.25) is 4.90 Å². The van der Waals surface area contributed by atoms with E-state index in [2.05, 4.69) is 11.8 Å². The predicted octanol–water partition coefficient (Wildman–Crippen LogP) is 5.82. The number of nitrogens with zero attached hydrogens (tertiary/aromatic N) is 1. The molecular weight excluding hydrogens is 437 g/mol. The molecule has 3 aromatic rings. The molecule has 1 aromatic heterocycles. The van der Waals surface area contributed by atoms with Crippen LogP contribution in [0, 0.1) is 0 Å². The van der Waals surface area contributed by atoms with E-state index in [1.165, 1.54) is 0 Å². The predicted molar refractivity (Wildman–Crippen MR) is 123 cm³/mol. The molecule has 0 aliphatic carbocycles. The van der Waals surface area contributed by atoms with Crippen LogP contribution in [0.3, 0.4) is 0 Å². The van der Waals surface area contributed by atoms with Crippen molar-refractivity contribution >= 4 is 23.2 Å². The number of ether oxygens (including phenoxy) is 2. The van der Waals surface area contributed by atoms with Gasteiger partial charge in [0.1, 0.15) is 30.0 Å². The van der Waals surface area contributed by atoms with Gasteiger partial charge in [0, 0.05) is 18.1 Å². The number of benzene rings is 2. The molecule has 1 unspecified atom stereocenters. The fraction of sp³-hybridized carbons (Fsp3) is 0.333. The number of aliphatic hydroxyl groups is 1. The first-order chi connectivity index (χ1) is 15.0. The molecule has 1 atom stereocenters. The monoisotopic (exact) mass is 463 g/mol. The summed E-state index contributed by atoms with van der Waals surface area (Å²) in [6.45, 7) is 4.51. The maximum Gasteiger partial charge on any atom is 0.138 e. The summed E-state index contributed by atoms with van der Waals surface area (Å²) in [7, 11) is 0. The Balaban J connectivity index is 1.60. The van der Waals surface area contributed by atoms with Crippen molar-refractivity contribution in [2.45, 2.75) is 32.5 Å². The number of rotatable bonds is 12. The van der Waals surface area contributed by atoms with Crippen molar-refractivity contribution in [1.82, 2.24) is 4.90 Å². The Morgan fingerprint density at radius 1 is 1.03 bits per heavy atom. The Morgan fingerprint density at radius 2 is 1.84 bits per heavy atom. The lowest BCUT2D eigenvalue weighted by Gasteiger charge is -2.24. The summed E-state index contributed by atoms with van der Waals surface area (Å²) in [6.07, 6.45) is 1.91. The van der Waals surface area contributed by atoms with Crippen molar-refractivity contribution in [3.05, 3.63) is 82.2 Å². The van der Waals surface area contributed by atoms with E-state index in [-0.39, 0.29) is 6.61 Å². The second-order valence-corrected chi connectivity index (χ2v) is 8.12. The average Bonchev–Trinajstić information content (AvgIpc) is 3.25.